The van der Waals surface area contributed by atoms with E-state index >= 15 is 0 Å². The molecule has 1 heterocycles. The molecule has 0 amide bonds. The summed E-state index contributed by atoms with van der Waals surface area (Å²) in [6.45, 7) is 1.28. The van der Waals surface area contributed by atoms with Crippen LogP contribution in [0.2, 0.25) is 0 Å². The van der Waals surface area contributed by atoms with Gasteiger partial charge in [-0.05, 0) is 25.0 Å². The van der Waals surface area contributed by atoms with E-state index in [-0.39, 0.29) is 0 Å². The first-order valence-corrected chi connectivity index (χ1v) is 6.87. The predicted octanol–water partition coefficient (Wildman–Crippen LogP) is 1.51. The molecule has 4 nitrogen and oxygen atoms in total. The molecular formula is C11H16N2O2S. The van der Waals surface area contributed by atoms with Crippen LogP contribution in [0.1, 0.15) is 12.8 Å². The fraction of sp³-hybridized carbons (Fsp3) is 0.455. The summed E-state index contributed by atoms with van der Waals surface area (Å²) in [7, 11) is -1.58. The maximum atomic E-state index is 12.3. The highest BCUT2D eigenvalue weighted by Gasteiger charge is 2.28. The van der Waals surface area contributed by atoms with Gasteiger partial charge in [0.1, 0.15) is 4.90 Å². The molecule has 5 heteroatoms. The van der Waals surface area contributed by atoms with Gasteiger partial charge in [0.2, 0.25) is 10.0 Å². The Morgan fingerprint density at radius 1 is 1.19 bits per heavy atom. The molecule has 1 aliphatic rings. The van der Waals surface area contributed by atoms with E-state index in [1.807, 2.05) is 6.07 Å². The lowest BCUT2D eigenvalue weighted by Crippen LogP contribution is -2.28. The lowest BCUT2D eigenvalue weighted by molar-refractivity contribution is 0.478. The molecule has 1 aromatic rings. The number of benzene rings is 1. The monoisotopic (exact) mass is 240 g/mol. The number of anilines is 1. The molecule has 1 fully saturated rings. The Bertz CT molecular complexity index is 465. The van der Waals surface area contributed by atoms with E-state index in [0.29, 0.717) is 23.7 Å². The summed E-state index contributed by atoms with van der Waals surface area (Å²) in [6, 6.07) is 7.01. The van der Waals surface area contributed by atoms with Gasteiger partial charge in [-0.25, -0.2) is 8.42 Å². The summed E-state index contributed by atoms with van der Waals surface area (Å²) in [5, 5.41) is 2.92. The number of rotatable bonds is 3. The van der Waals surface area contributed by atoms with Gasteiger partial charge in [0.05, 0.1) is 5.69 Å². The molecule has 1 N–H and O–H groups in total. The summed E-state index contributed by atoms with van der Waals surface area (Å²) < 4.78 is 26.2. The number of para-hydroxylation sites is 1. The SMILES string of the molecule is CNc1ccccc1S(=O)(=O)N1CCCC1. The minimum atomic E-state index is -3.31. The predicted molar refractivity (Wildman–Crippen MR) is 64.0 cm³/mol. The molecule has 0 unspecified atom stereocenters. The smallest absolute Gasteiger partial charge is 0.245 e. The maximum Gasteiger partial charge on any atom is 0.245 e. The van der Waals surface area contributed by atoms with E-state index in [9.17, 15) is 8.42 Å². The van der Waals surface area contributed by atoms with Gasteiger partial charge >= 0.3 is 0 Å². The van der Waals surface area contributed by atoms with Crippen LogP contribution >= 0.6 is 0 Å². The van der Waals surface area contributed by atoms with Gasteiger partial charge in [0.25, 0.3) is 0 Å². The Morgan fingerprint density at radius 3 is 2.44 bits per heavy atom. The Labute approximate surface area is 96.3 Å². The van der Waals surface area contributed by atoms with E-state index in [2.05, 4.69) is 5.32 Å². The van der Waals surface area contributed by atoms with E-state index in [1.165, 1.54) is 0 Å². The molecule has 0 aliphatic carbocycles. The van der Waals surface area contributed by atoms with Crippen LogP contribution in [0.25, 0.3) is 0 Å². The first-order valence-electron chi connectivity index (χ1n) is 5.43. The van der Waals surface area contributed by atoms with Crippen molar-refractivity contribution in [3.8, 4) is 0 Å². The maximum absolute atomic E-state index is 12.3. The van der Waals surface area contributed by atoms with Crippen molar-refractivity contribution >= 4 is 15.7 Å². The average Bonchev–Trinajstić information content (AvgIpc) is 2.83. The molecular weight excluding hydrogens is 224 g/mol. The molecule has 0 bridgehead atoms. The second-order valence-electron chi connectivity index (χ2n) is 3.86. The topological polar surface area (TPSA) is 49.4 Å². The van der Waals surface area contributed by atoms with Crippen molar-refractivity contribution in [3.63, 3.8) is 0 Å². The number of hydrogen-bond donors (Lipinski definition) is 1. The normalized spacial score (nSPS) is 17.6. The van der Waals surface area contributed by atoms with E-state index in [4.69, 9.17) is 0 Å². The van der Waals surface area contributed by atoms with Crippen LogP contribution in [0, 0.1) is 0 Å². The van der Waals surface area contributed by atoms with Gasteiger partial charge in [-0.3, -0.25) is 0 Å². The quantitative estimate of drug-likeness (QED) is 0.871. The number of sulfonamides is 1. The standard InChI is InChI=1S/C11H16N2O2S/c1-12-10-6-2-3-7-11(10)16(14,15)13-8-4-5-9-13/h2-3,6-7,12H,4-5,8-9H2,1H3. The van der Waals surface area contributed by atoms with E-state index in [1.54, 1.807) is 29.6 Å². The highest BCUT2D eigenvalue weighted by atomic mass is 32.2. The van der Waals surface area contributed by atoms with Crippen molar-refractivity contribution < 1.29 is 8.42 Å². The van der Waals surface area contributed by atoms with Crippen molar-refractivity contribution in [3.05, 3.63) is 24.3 Å². The second kappa shape index (κ2) is 4.43. The van der Waals surface area contributed by atoms with Gasteiger partial charge in [0, 0.05) is 20.1 Å². The molecule has 16 heavy (non-hydrogen) atoms. The third-order valence-corrected chi connectivity index (χ3v) is 4.80. The van der Waals surface area contributed by atoms with Crippen molar-refractivity contribution in [2.75, 3.05) is 25.5 Å². The summed E-state index contributed by atoms with van der Waals surface area (Å²) >= 11 is 0. The van der Waals surface area contributed by atoms with Crippen LogP contribution in [-0.4, -0.2) is 32.9 Å². The second-order valence-corrected chi connectivity index (χ2v) is 5.76. The fourth-order valence-electron chi connectivity index (χ4n) is 1.97. The summed E-state index contributed by atoms with van der Waals surface area (Å²) in [5.41, 5.74) is 0.661. The first-order chi connectivity index (χ1) is 7.66. The summed E-state index contributed by atoms with van der Waals surface area (Å²) in [5.74, 6) is 0. The largest absolute Gasteiger partial charge is 0.387 e. The zero-order chi connectivity index (χ0) is 11.6. The third kappa shape index (κ3) is 1.92. The van der Waals surface area contributed by atoms with Crippen LogP contribution in [0.4, 0.5) is 5.69 Å². The highest BCUT2D eigenvalue weighted by Crippen LogP contribution is 2.26. The molecule has 0 saturated carbocycles. The molecule has 1 saturated heterocycles. The van der Waals surface area contributed by atoms with Crippen LogP contribution in [-0.2, 0) is 10.0 Å². The van der Waals surface area contributed by atoms with Crippen LogP contribution in [0.15, 0.2) is 29.2 Å². The van der Waals surface area contributed by atoms with Crippen molar-refractivity contribution in [2.24, 2.45) is 0 Å². The fourth-order valence-corrected chi connectivity index (χ4v) is 3.68. The van der Waals surface area contributed by atoms with Gasteiger partial charge in [0.15, 0.2) is 0 Å². The van der Waals surface area contributed by atoms with Gasteiger partial charge in [-0.15, -0.1) is 0 Å². The first kappa shape index (κ1) is 11.4. The average molecular weight is 240 g/mol. The number of nitrogens with zero attached hydrogens (tertiary/aromatic N) is 1. The molecule has 0 radical (unpaired) electrons. The number of hydrogen-bond acceptors (Lipinski definition) is 3. The zero-order valence-corrected chi connectivity index (χ0v) is 10.1. The summed E-state index contributed by atoms with van der Waals surface area (Å²) in [6.07, 6.45) is 1.92. The lowest BCUT2D eigenvalue weighted by atomic mass is 10.3. The zero-order valence-electron chi connectivity index (χ0n) is 9.31. The Balaban J connectivity index is 2.42. The molecule has 88 valence electrons. The van der Waals surface area contributed by atoms with Gasteiger partial charge < -0.3 is 5.32 Å². The molecule has 1 aromatic carbocycles. The highest BCUT2D eigenvalue weighted by molar-refractivity contribution is 7.89. The van der Waals surface area contributed by atoms with Crippen LogP contribution in [0.5, 0.6) is 0 Å². The Morgan fingerprint density at radius 2 is 1.81 bits per heavy atom. The third-order valence-electron chi connectivity index (χ3n) is 2.84. The number of nitrogens with one attached hydrogen (secondary N) is 1. The minimum Gasteiger partial charge on any atom is -0.387 e. The van der Waals surface area contributed by atoms with Gasteiger partial charge in [-0.1, -0.05) is 12.1 Å². The molecule has 0 aromatic heterocycles. The Hall–Kier alpha value is -1.07. The summed E-state index contributed by atoms with van der Waals surface area (Å²) in [4.78, 5) is 0.374. The molecule has 0 spiro atoms. The minimum absolute atomic E-state index is 0.374. The lowest BCUT2D eigenvalue weighted by Gasteiger charge is -2.17. The van der Waals surface area contributed by atoms with Crippen molar-refractivity contribution in [1.82, 2.24) is 4.31 Å². The molecule has 0 atom stereocenters. The van der Waals surface area contributed by atoms with E-state index < -0.39 is 10.0 Å². The van der Waals surface area contributed by atoms with Crippen molar-refractivity contribution in [1.29, 1.82) is 0 Å². The van der Waals surface area contributed by atoms with E-state index in [0.717, 1.165) is 12.8 Å². The van der Waals surface area contributed by atoms with Crippen LogP contribution in [0.3, 0.4) is 0 Å². The van der Waals surface area contributed by atoms with Crippen molar-refractivity contribution in [2.45, 2.75) is 17.7 Å². The molecule has 1 aliphatic heterocycles. The Kier molecular flexibility index (Phi) is 3.16. The van der Waals surface area contributed by atoms with Crippen LogP contribution < -0.4 is 5.32 Å². The molecule has 2 rings (SSSR count). The van der Waals surface area contributed by atoms with Gasteiger partial charge in [-0.2, -0.15) is 4.31 Å².